The highest BCUT2D eigenvalue weighted by atomic mass is 31.1. The Labute approximate surface area is 292 Å². The van der Waals surface area contributed by atoms with Crippen molar-refractivity contribution in [2.45, 2.75) is 12.1 Å². The second-order valence-electron chi connectivity index (χ2n) is 13.1. The van der Waals surface area contributed by atoms with Crippen molar-refractivity contribution in [1.82, 2.24) is 9.38 Å². The Morgan fingerprint density at radius 1 is 0.520 bits per heavy atom. The van der Waals surface area contributed by atoms with Crippen LogP contribution in [0.5, 0.6) is 0 Å². The summed E-state index contributed by atoms with van der Waals surface area (Å²) in [6.07, 6.45) is 10.2. The van der Waals surface area contributed by atoms with E-state index in [9.17, 15) is 0 Å². The lowest BCUT2D eigenvalue weighted by molar-refractivity contribution is 1.05. The molecule has 0 aliphatic heterocycles. The molecule has 0 amide bonds. The maximum absolute atomic E-state index is 5.08. The van der Waals surface area contributed by atoms with Crippen LogP contribution in [0, 0.1) is 0 Å². The van der Waals surface area contributed by atoms with Crippen LogP contribution in [0.2, 0.25) is 0 Å². The standard InChI is InChI=1S/C47H33N2P/c1-3-13-35(14-4-1)50(36-15-5-2-6-16-36)46-24-12-19-38-37(18-11-20-40(38)46)33-27-25-32(26-28-33)34-29-30-41-42(31-34)39-17-7-9-22-44(39)49-45-23-10-8-21-43(45)48-47(41)49/h1-15,17-31,36H,16H2. The van der Waals surface area contributed by atoms with E-state index in [1.54, 1.807) is 0 Å². The molecule has 7 aromatic carbocycles. The van der Waals surface area contributed by atoms with Gasteiger partial charge in [-0.3, -0.25) is 4.40 Å². The van der Waals surface area contributed by atoms with Gasteiger partial charge in [0.05, 0.1) is 16.6 Å². The summed E-state index contributed by atoms with van der Waals surface area (Å²) in [6.45, 7) is 0. The summed E-state index contributed by atoms with van der Waals surface area (Å²) in [5.41, 5.74) is 9.74. The summed E-state index contributed by atoms with van der Waals surface area (Å²) in [4.78, 5) is 5.08. The average molecular weight is 657 g/mol. The third-order valence-corrected chi connectivity index (χ3v) is 13.1. The number of benzene rings is 7. The molecule has 0 saturated carbocycles. The normalized spacial score (nSPS) is 15.1. The number of hydrogen-bond acceptors (Lipinski definition) is 1. The maximum atomic E-state index is 5.08. The molecule has 0 saturated heterocycles. The summed E-state index contributed by atoms with van der Waals surface area (Å²) in [6, 6.07) is 58.0. The largest absolute Gasteiger partial charge is 0.292 e. The van der Waals surface area contributed by atoms with Gasteiger partial charge >= 0.3 is 0 Å². The van der Waals surface area contributed by atoms with Gasteiger partial charge < -0.3 is 0 Å². The molecular weight excluding hydrogens is 624 g/mol. The quantitative estimate of drug-likeness (QED) is 0.133. The van der Waals surface area contributed by atoms with Crippen molar-refractivity contribution in [3.8, 4) is 22.3 Å². The van der Waals surface area contributed by atoms with Gasteiger partial charge in [0.2, 0.25) is 0 Å². The van der Waals surface area contributed by atoms with Crippen LogP contribution in [0.3, 0.4) is 0 Å². The Morgan fingerprint density at radius 2 is 1.24 bits per heavy atom. The first kappa shape index (κ1) is 29.1. The fourth-order valence-electron chi connectivity index (χ4n) is 7.94. The molecule has 2 nitrogen and oxygen atoms in total. The minimum Gasteiger partial charge on any atom is -0.292 e. The summed E-state index contributed by atoms with van der Waals surface area (Å²) in [7, 11) is -0.575. The first-order chi connectivity index (χ1) is 24.8. The number of rotatable bonds is 5. The van der Waals surface area contributed by atoms with Crippen LogP contribution in [0.1, 0.15) is 6.42 Å². The zero-order valence-electron chi connectivity index (χ0n) is 27.4. The number of allylic oxidation sites excluding steroid dienone is 4. The number of nitrogens with zero attached hydrogens (tertiary/aromatic N) is 2. The van der Waals surface area contributed by atoms with E-state index < -0.39 is 7.92 Å². The molecule has 0 fully saturated rings. The van der Waals surface area contributed by atoms with Crippen molar-refractivity contribution < 1.29 is 0 Å². The van der Waals surface area contributed by atoms with Crippen LogP contribution in [0.25, 0.3) is 71.4 Å². The average Bonchev–Trinajstić information content (AvgIpc) is 3.59. The van der Waals surface area contributed by atoms with Crippen molar-refractivity contribution in [1.29, 1.82) is 0 Å². The van der Waals surface area contributed by atoms with Gasteiger partial charge in [0.15, 0.2) is 0 Å². The molecule has 2 unspecified atom stereocenters. The number of pyridine rings is 1. The van der Waals surface area contributed by atoms with Crippen LogP contribution < -0.4 is 10.6 Å². The first-order valence-corrected chi connectivity index (χ1v) is 18.7. The molecular formula is C47H33N2P. The zero-order valence-corrected chi connectivity index (χ0v) is 28.3. The van der Waals surface area contributed by atoms with E-state index in [1.807, 2.05) is 0 Å². The molecule has 1 aliphatic carbocycles. The SMILES string of the molecule is C1=CCC(P(c2ccccc2)c2cccc3c(-c4ccc(-c5ccc6c(c5)c5ccccc5n5c7ccccc7nc65)cc4)cccc23)C=C1. The molecule has 2 heterocycles. The van der Waals surface area contributed by atoms with Crippen molar-refractivity contribution in [2.24, 2.45) is 0 Å². The Bertz CT molecular complexity index is 2790. The van der Waals surface area contributed by atoms with Gasteiger partial charge in [-0.1, -0.05) is 152 Å². The third kappa shape index (κ3) is 4.71. The predicted molar refractivity (Wildman–Crippen MR) is 215 cm³/mol. The Hall–Kier alpha value is -5.82. The van der Waals surface area contributed by atoms with E-state index in [-0.39, 0.29) is 0 Å². The van der Waals surface area contributed by atoms with Crippen molar-refractivity contribution in [2.75, 3.05) is 0 Å². The van der Waals surface area contributed by atoms with Crippen LogP contribution >= 0.6 is 7.92 Å². The molecule has 0 bridgehead atoms. The van der Waals surface area contributed by atoms with E-state index in [1.165, 1.54) is 65.3 Å². The molecule has 10 rings (SSSR count). The Morgan fingerprint density at radius 3 is 2.10 bits per heavy atom. The fraction of sp³-hybridized carbons (Fsp3) is 0.0426. The van der Waals surface area contributed by atoms with Crippen molar-refractivity contribution in [3.63, 3.8) is 0 Å². The number of fused-ring (bicyclic) bond motifs is 9. The summed E-state index contributed by atoms with van der Waals surface area (Å²) < 4.78 is 2.31. The fourth-order valence-corrected chi connectivity index (χ4v) is 10.8. The summed E-state index contributed by atoms with van der Waals surface area (Å²) >= 11 is 0. The van der Waals surface area contributed by atoms with Crippen molar-refractivity contribution >= 4 is 67.7 Å². The molecule has 2 atom stereocenters. The van der Waals surface area contributed by atoms with E-state index in [2.05, 4.69) is 186 Å². The number of para-hydroxylation sites is 3. The van der Waals surface area contributed by atoms with Gasteiger partial charge in [-0.15, -0.1) is 0 Å². The van der Waals surface area contributed by atoms with E-state index in [0.29, 0.717) is 5.66 Å². The molecule has 0 radical (unpaired) electrons. The molecule has 50 heavy (non-hydrogen) atoms. The summed E-state index contributed by atoms with van der Waals surface area (Å²) in [5, 5.41) is 9.18. The van der Waals surface area contributed by atoms with Gasteiger partial charge in [-0.2, -0.15) is 0 Å². The number of imidazole rings is 1. The smallest absolute Gasteiger partial charge is 0.146 e. The Balaban J connectivity index is 1.07. The first-order valence-electron chi connectivity index (χ1n) is 17.3. The third-order valence-electron chi connectivity index (χ3n) is 10.3. The monoisotopic (exact) mass is 656 g/mol. The highest BCUT2D eigenvalue weighted by Crippen LogP contribution is 2.45. The van der Waals surface area contributed by atoms with Gasteiger partial charge in [0, 0.05) is 16.4 Å². The highest BCUT2D eigenvalue weighted by molar-refractivity contribution is 7.74. The second kappa shape index (κ2) is 11.9. The van der Waals surface area contributed by atoms with E-state index in [4.69, 9.17) is 4.98 Å². The molecule has 0 N–H and O–H groups in total. The van der Waals surface area contributed by atoms with Crippen LogP contribution in [0.4, 0.5) is 0 Å². The van der Waals surface area contributed by atoms with Gasteiger partial charge in [-0.05, 0) is 93.7 Å². The minimum absolute atomic E-state index is 0.480. The lowest BCUT2D eigenvalue weighted by Gasteiger charge is -2.28. The predicted octanol–water partition coefficient (Wildman–Crippen LogP) is 11.6. The van der Waals surface area contributed by atoms with Gasteiger partial charge in [0.25, 0.3) is 0 Å². The van der Waals surface area contributed by atoms with Gasteiger partial charge in [0.1, 0.15) is 5.65 Å². The molecule has 236 valence electrons. The second-order valence-corrected chi connectivity index (χ2v) is 15.5. The minimum atomic E-state index is -0.575. The zero-order chi connectivity index (χ0) is 33.0. The van der Waals surface area contributed by atoms with Gasteiger partial charge in [-0.25, -0.2) is 4.98 Å². The number of aromatic nitrogens is 2. The molecule has 3 heteroatoms. The molecule has 0 spiro atoms. The van der Waals surface area contributed by atoms with Crippen molar-refractivity contribution in [3.05, 3.63) is 182 Å². The molecule has 9 aromatic rings. The lowest BCUT2D eigenvalue weighted by atomic mass is 9.95. The molecule has 1 aliphatic rings. The topological polar surface area (TPSA) is 17.3 Å². The van der Waals surface area contributed by atoms with Crippen LogP contribution in [-0.2, 0) is 0 Å². The highest BCUT2D eigenvalue weighted by Gasteiger charge is 2.25. The van der Waals surface area contributed by atoms with E-state index in [0.717, 1.165) is 23.1 Å². The lowest BCUT2D eigenvalue weighted by Crippen LogP contribution is -2.21. The molecule has 2 aromatic heterocycles. The van der Waals surface area contributed by atoms with Crippen LogP contribution in [-0.4, -0.2) is 15.0 Å². The number of hydrogen-bond donors (Lipinski definition) is 0. The maximum Gasteiger partial charge on any atom is 0.146 e. The van der Waals surface area contributed by atoms with E-state index >= 15 is 0 Å². The Kier molecular flexibility index (Phi) is 6.96. The summed E-state index contributed by atoms with van der Waals surface area (Å²) in [5.74, 6) is 0. The van der Waals surface area contributed by atoms with Crippen LogP contribution in [0.15, 0.2) is 182 Å².